The van der Waals surface area contributed by atoms with Gasteiger partial charge in [-0.1, -0.05) is 36.4 Å². The fraction of sp³-hybridized carbons (Fsp3) is 0.0526. The lowest BCUT2D eigenvalue weighted by Gasteiger charge is -2.07. The molecule has 6 aromatic heterocycles. The Morgan fingerprint density at radius 1 is 0.647 bits per heavy atom. The second-order valence-corrected chi connectivity index (χ2v) is 11.5. The predicted octanol–water partition coefficient (Wildman–Crippen LogP) is 6.18. The van der Waals surface area contributed by atoms with Gasteiger partial charge in [-0.15, -0.1) is 0 Å². The molecule has 0 saturated carbocycles. The minimum absolute atomic E-state index is 0.132. The van der Waals surface area contributed by atoms with Crippen molar-refractivity contribution in [1.29, 1.82) is 0 Å². The Balaban J connectivity index is 0.000000159. The fourth-order valence-electron chi connectivity index (χ4n) is 5.58. The molecule has 8 aromatic rings. The summed E-state index contributed by atoms with van der Waals surface area (Å²) in [7, 11) is 0. The normalized spacial score (nSPS) is 10.8. The van der Waals surface area contributed by atoms with Crippen LogP contribution in [0, 0.1) is 6.57 Å². The topological polar surface area (TPSA) is 181 Å². The number of carbonyl (C=O) groups is 1. The number of benzene rings is 2. The molecule has 6 heterocycles. The van der Waals surface area contributed by atoms with E-state index < -0.39 is 5.97 Å². The molecule has 13 nitrogen and oxygen atoms in total. The molecule has 0 saturated heterocycles. The smallest absolute Gasteiger partial charge is 0.309 e. The predicted molar refractivity (Wildman–Crippen MR) is 195 cm³/mol. The van der Waals surface area contributed by atoms with Crippen molar-refractivity contribution < 1.29 is 9.90 Å². The van der Waals surface area contributed by atoms with Crippen LogP contribution in [0.25, 0.3) is 60.5 Å². The van der Waals surface area contributed by atoms with Crippen molar-refractivity contribution in [1.82, 2.24) is 39.5 Å². The number of carboxylic acid groups (broad SMARTS) is 1. The van der Waals surface area contributed by atoms with Crippen LogP contribution >= 0.6 is 0 Å². The summed E-state index contributed by atoms with van der Waals surface area (Å²) >= 11 is 0. The van der Waals surface area contributed by atoms with Crippen LogP contribution in [0.1, 0.15) is 11.4 Å². The van der Waals surface area contributed by atoms with Crippen molar-refractivity contribution in [3.63, 3.8) is 0 Å². The third-order valence-electron chi connectivity index (χ3n) is 7.92. The van der Waals surface area contributed by atoms with E-state index in [1.165, 1.54) is 0 Å². The van der Waals surface area contributed by atoms with E-state index in [9.17, 15) is 4.79 Å². The Morgan fingerprint density at radius 3 is 1.65 bits per heavy atom. The standard InChI is InChI=1S/C19H14N6.C19H15N5O2/c1-21-12-17-3-2-4-19(24-17)25-18-8-13(5-6-14(18)10-23-25)15-7-16(20)11-22-9-15;20-15-6-14(9-21-11-15)12-4-5-13-10-22-24(17(13)7-12)18-3-1-2-16(23-18)8-19(25)26/h2-11H,12,20H2;1-7,9-11H,8,20H2,(H,25,26). The molecule has 13 heteroatoms. The van der Waals surface area contributed by atoms with Crippen LogP contribution in [0.2, 0.25) is 0 Å². The Labute approximate surface area is 291 Å². The maximum absolute atomic E-state index is 10.9. The van der Waals surface area contributed by atoms with E-state index in [4.69, 9.17) is 23.1 Å². The van der Waals surface area contributed by atoms with Gasteiger partial charge in [-0.2, -0.15) is 10.2 Å². The van der Waals surface area contributed by atoms with Gasteiger partial charge in [0.25, 0.3) is 6.54 Å². The molecular formula is C38H29N11O2. The Kier molecular flexibility index (Phi) is 8.78. The number of aliphatic carboxylic acids is 1. The van der Waals surface area contributed by atoms with Gasteiger partial charge in [0.05, 0.1) is 46.9 Å². The average molecular weight is 672 g/mol. The van der Waals surface area contributed by atoms with Gasteiger partial charge >= 0.3 is 5.97 Å². The van der Waals surface area contributed by atoms with Crippen molar-refractivity contribution in [2.45, 2.75) is 13.0 Å². The van der Waals surface area contributed by atoms with Gasteiger partial charge in [0.1, 0.15) is 5.69 Å². The Bertz CT molecular complexity index is 2590. The van der Waals surface area contributed by atoms with E-state index in [0.29, 0.717) is 28.7 Å². The highest BCUT2D eigenvalue weighted by Gasteiger charge is 2.12. The molecule has 0 atom stereocenters. The molecule has 0 amide bonds. The van der Waals surface area contributed by atoms with Crippen molar-refractivity contribution in [3.05, 3.63) is 145 Å². The summed E-state index contributed by atoms with van der Waals surface area (Å²) in [5.74, 6) is 0.344. The molecule has 0 radical (unpaired) electrons. The first-order valence-corrected chi connectivity index (χ1v) is 15.7. The van der Waals surface area contributed by atoms with E-state index in [0.717, 1.165) is 49.8 Å². The summed E-state index contributed by atoms with van der Waals surface area (Å²) in [5.41, 5.74) is 19.7. The van der Waals surface area contributed by atoms with Crippen molar-refractivity contribution in [2.24, 2.45) is 0 Å². The summed E-state index contributed by atoms with van der Waals surface area (Å²) < 4.78 is 3.48. The minimum atomic E-state index is -0.920. The quantitative estimate of drug-likeness (QED) is 0.166. The van der Waals surface area contributed by atoms with Crippen molar-refractivity contribution in [3.8, 4) is 33.9 Å². The SMILES string of the molecule is Nc1cncc(-c2ccc3cnn(-c4cccc(CC(=O)O)n4)c3c2)c1.[C-]#[N+]Cc1cccc(-n2ncc3ccc(-c4cncc(N)c4)cc32)n1. The van der Waals surface area contributed by atoms with Crippen LogP contribution in [0.4, 0.5) is 11.4 Å². The summed E-state index contributed by atoms with van der Waals surface area (Å²) in [6.07, 6.45) is 10.2. The zero-order valence-electron chi connectivity index (χ0n) is 27.0. The number of aromatic nitrogens is 8. The Morgan fingerprint density at radius 2 is 1.16 bits per heavy atom. The number of hydrogen-bond donors (Lipinski definition) is 3. The largest absolute Gasteiger partial charge is 0.481 e. The van der Waals surface area contributed by atoms with Gasteiger partial charge in [0.2, 0.25) is 0 Å². The van der Waals surface area contributed by atoms with Gasteiger partial charge in [-0.05, 0) is 59.7 Å². The zero-order chi connectivity index (χ0) is 35.3. The third kappa shape index (κ3) is 7.06. The minimum Gasteiger partial charge on any atom is -0.481 e. The highest BCUT2D eigenvalue weighted by Crippen LogP contribution is 2.28. The number of carboxylic acids is 1. The summed E-state index contributed by atoms with van der Waals surface area (Å²) in [5, 5.41) is 19.8. The number of anilines is 2. The number of hydrogen-bond acceptors (Lipinski definition) is 9. The van der Waals surface area contributed by atoms with Gasteiger partial charge in [0, 0.05) is 46.7 Å². The molecule has 248 valence electrons. The van der Waals surface area contributed by atoms with Crippen LogP contribution < -0.4 is 11.5 Å². The van der Waals surface area contributed by atoms with Crippen molar-refractivity contribution >= 4 is 39.1 Å². The Hall–Kier alpha value is -7.46. The molecule has 8 rings (SSSR count). The summed E-state index contributed by atoms with van der Waals surface area (Å²) in [4.78, 5) is 31.5. The lowest BCUT2D eigenvalue weighted by Crippen LogP contribution is -2.06. The van der Waals surface area contributed by atoms with Gasteiger partial charge < -0.3 is 21.4 Å². The highest BCUT2D eigenvalue weighted by atomic mass is 16.4. The number of rotatable bonds is 7. The molecule has 5 N–H and O–H groups in total. The molecule has 51 heavy (non-hydrogen) atoms. The second kappa shape index (κ2) is 14.0. The molecule has 0 aliphatic rings. The second-order valence-electron chi connectivity index (χ2n) is 11.5. The lowest BCUT2D eigenvalue weighted by atomic mass is 10.1. The van der Waals surface area contributed by atoms with Crippen LogP contribution in [-0.4, -0.2) is 50.6 Å². The van der Waals surface area contributed by atoms with Crippen LogP contribution in [0.5, 0.6) is 0 Å². The van der Waals surface area contributed by atoms with Gasteiger partial charge in [-0.3, -0.25) is 14.8 Å². The van der Waals surface area contributed by atoms with E-state index >= 15 is 0 Å². The molecule has 0 aliphatic carbocycles. The first kappa shape index (κ1) is 32.1. The van der Waals surface area contributed by atoms with Crippen LogP contribution in [0.15, 0.2) is 122 Å². The first-order chi connectivity index (χ1) is 24.8. The summed E-state index contributed by atoms with van der Waals surface area (Å²) in [6, 6.07) is 26.7. The number of fused-ring (bicyclic) bond motifs is 2. The van der Waals surface area contributed by atoms with E-state index in [2.05, 4.69) is 35.0 Å². The van der Waals surface area contributed by atoms with E-state index in [-0.39, 0.29) is 13.0 Å². The maximum atomic E-state index is 10.9. The summed E-state index contributed by atoms with van der Waals surface area (Å²) in [6.45, 7) is 7.26. The lowest BCUT2D eigenvalue weighted by molar-refractivity contribution is -0.136. The molecule has 0 fully saturated rings. The van der Waals surface area contributed by atoms with E-state index in [1.54, 1.807) is 64.7 Å². The van der Waals surface area contributed by atoms with Gasteiger partial charge in [-0.25, -0.2) is 25.9 Å². The number of nitrogens with zero attached hydrogens (tertiary/aromatic N) is 9. The molecule has 0 unspecified atom stereocenters. The van der Waals surface area contributed by atoms with Crippen molar-refractivity contribution in [2.75, 3.05) is 11.5 Å². The average Bonchev–Trinajstić information content (AvgIpc) is 3.76. The number of pyridine rings is 4. The fourth-order valence-corrected chi connectivity index (χ4v) is 5.58. The highest BCUT2D eigenvalue weighted by molar-refractivity contribution is 5.87. The van der Waals surface area contributed by atoms with E-state index in [1.807, 2.05) is 66.7 Å². The maximum Gasteiger partial charge on any atom is 0.309 e. The molecule has 0 bridgehead atoms. The number of nitrogens with two attached hydrogens (primary N) is 2. The zero-order valence-corrected chi connectivity index (χ0v) is 27.0. The monoisotopic (exact) mass is 671 g/mol. The first-order valence-electron chi connectivity index (χ1n) is 15.7. The van der Waals surface area contributed by atoms with Crippen LogP contribution in [-0.2, 0) is 17.8 Å². The molecule has 0 aliphatic heterocycles. The third-order valence-corrected chi connectivity index (χ3v) is 7.92. The molecule has 0 spiro atoms. The number of nitrogen functional groups attached to an aromatic ring is 2. The van der Waals surface area contributed by atoms with Crippen LogP contribution in [0.3, 0.4) is 0 Å². The van der Waals surface area contributed by atoms with Gasteiger partial charge in [0.15, 0.2) is 11.6 Å². The molecule has 2 aromatic carbocycles. The molecular weight excluding hydrogens is 642 g/mol.